The molecular weight excluding hydrogens is 359 g/mol. The fourth-order valence-corrected chi connectivity index (χ4v) is 3.08. The van der Waals surface area contributed by atoms with Crippen LogP contribution in [0.2, 0.25) is 0 Å². The van der Waals surface area contributed by atoms with Gasteiger partial charge < -0.3 is 0 Å². The van der Waals surface area contributed by atoms with Gasteiger partial charge in [-0.15, -0.1) is 0 Å². The maximum atomic E-state index is 13.5. The predicted molar refractivity (Wildman–Crippen MR) is 80.8 cm³/mol. The topological polar surface area (TPSA) is 70.0 Å². The smallest absolute Gasteiger partial charge is 0.262 e. The summed E-state index contributed by atoms with van der Waals surface area (Å²) in [5.74, 6) is -0.678. The van der Waals surface area contributed by atoms with Gasteiger partial charge in [0.05, 0.1) is 20.6 Å². The van der Waals surface area contributed by atoms with Gasteiger partial charge in [-0.1, -0.05) is 12.1 Å². The number of benzene rings is 2. The highest BCUT2D eigenvalue weighted by Crippen LogP contribution is 2.24. The number of hydrogen-bond donors (Lipinski definition) is 1. The normalized spacial score (nSPS) is 11.0. The molecule has 0 aliphatic carbocycles. The number of sulfonamides is 1. The molecule has 0 bridgehead atoms. The van der Waals surface area contributed by atoms with Crippen molar-refractivity contribution in [2.45, 2.75) is 11.8 Å². The molecule has 0 saturated carbocycles. The SMILES string of the molecule is Cc1cccc(NS(=O)(=O)c2ccc(Br)c(F)c2)c1C#N. The largest absolute Gasteiger partial charge is 0.278 e. The van der Waals surface area contributed by atoms with Gasteiger partial charge in [0, 0.05) is 0 Å². The van der Waals surface area contributed by atoms with E-state index in [1.807, 2.05) is 6.07 Å². The first-order valence-electron chi connectivity index (χ1n) is 5.83. The van der Waals surface area contributed by atoms with Gasteiger partial charge in [-0.05, 0) is 52.7 Å². The molecule has 0 saturated heterocycles. The Labute approximate surface area is 130 Å². The third-order valence-corrected chi connectivity index (χ3v) is 4.84. The van der Waals surface area contributed by atoms with Crippen LogP contribution in [0.3, 0.4) is 0 Å². The minimum absolute atomic E-state index is 0.167. The lowest BCUT2D eigenvalue weighted by molar-refractivity contribution is 0.593. The van der Waals surface area contributed by atoms with Crippen molar-refractivity contribution in [3.63, 3.8) is 0 Å². The predicted octanol–water partition coefficient (Wildman–Crippen LogP) is 3.57. The Bertz CT molecular complexity index is 845. The minimum Gasteiger partial charge on any atom is -0.278 e. The Balaban J connectivity index is 2.45. The fraction of sp³-hybridized carbons (Fsp3) is 0.0714. The zero-order chi connectivity index (χ0) is 15.6. The number of hydrogen-bond acceptors (Lipinski definition) is 3. The molecule has 21 heavy (non-hydrogen) atoms. The summed E-state index contributed by atoms with van der Waals surface area (Å²) in [5.41, 5.74) is 1.05. The second-order valence-electron chi connectivity index (χ2n) is 4.29. The van der Waals surface area contributed by atoms with Crippen molar-refractivity contribution in [2.75, 3.05) is 4.72 Å². The molecule has 2 aromatic carbocycles. The standard InChI is InChI=1S/C14H10BrFN2O2S/c1-9-3-2-4-14(11(9)8-17)18-21(19,20)10-5-6-12(15)13(16)7-10/h2-7,18H,1H3. The van der Waals surface area contributed by atoms with Gasteiger partial charge >= 0.3 is 0 Å². The van der Waals surface area contributed by atoms with Gasteiger partial charge in [0.15, 0.2) is 0 Å². The molecular formula is C14H10BrFN2O2S. The lowest BCUT2D eigenvalue weighted by atomic mass is 10.1. The first kappa shape index (κ1) is 15.5. The van der Waals surface area contributed by atoms with Crippen LogP contribution in [0.4, 0.5) is 10.1 Å². The van der Waals surface area contributed by atoms with E-state index in [0.29, 0.717) is 5.56 Å². The number of nitrogens with one attached hydrogen (secondary N) is 1. The number of halogens is 2. The van der Waals surface area contributed by atoms with Crippen LogP contribution in [0.25, 0.3) is 0 Å². The Morgan fingerprint density at radius 1 is 1.29 bits per heavy atom. The molecule has 108 valence electrons. The summed E-state index contributed by atoms with van der Waals surface area (Å²) in [6, 6.07) is 10.3. The number of anilines is 1. The summed E-state index contributed by atoms with van der Waals surface area (Å²) in [7, 11) is -3.96. The molecule has 0 fully saturated rings. The van der Waals surface area contributed by atoms with E-state index in [9.17, 15) is 12.8 Å². The average Bonchev–Trinajstić information content (AvgIpc) is 2.41. The third-order valence-electron chi connectivity index (χ3n) is 2.83. The second kappa shape index (κ2) is 5.84. The molecule has 0 aliphatic rings. The van der Waals surface area contributed by atoms with E-state index >= 15 is 0 Å². The van der Waals surface area contributed by atoms with Gasteiger partial charge in [-0.25, -0.2) is 12.8 Å². The molecule has 0 aliphatic heterocycles. The van der Waals surface area contributed by atoms with Crippen molar-refractivity contribution < 1.29 is 12.8 Å². The number of nitriles is 1. The number of nitrogens with zero attached hydrogens (tertiary/aromatic N) is 1. The van der Waals surface area contributed by atoms with Crippen molar-refractivity contribution in [3.05, 3.63) is 57.8 Å². The first-order chi connectivity index (χ1) is 9.85. The van der Waals surface area contributed by atoms with Crippen LogP contribution >= 0.6 is 15.9 Å². The van der Waals surface area contributed by atoms with Crippen LogP contribution in [-0.4, -0.2) is 8.42 Å². The van der Waals surface area contributed by atoms with Crippen LogP contribution in [0.5, 0.6) is 0 Å². The quantitative estimate of drug-likeness (QED) is 0.899. The molecule has 0 aromatic heterocycles. The van der Waals surface area contributed by atoms with Crippen molar-refractivity contribution in [2.24, 2.45) is 0 Å². The molecule has 0 heterocycles. The lowest BCUT2D eigenvalue weighted by Gasteiger charge is -2.11. The Hall–Kier alpha value is -1.91. The van der Waals surface area contributed by atoms with Gasteiger partial charge in [-0.2, -0.15) is 5.26 Å². The lowest BCUT2D eigenvalue weighted by Crippen LogP contribution is -2.14. The molecule has 1 N–H and O–H groups in total. The minimum atomic E-state index is -3.96. The molecule has 0 atom stereocenters. The number of rotatable bonds is 3. The van der Waals surface area contributed by atoms with E-state index in [0.717, 1.165) is 6.07 Å². The molecule has 0 unspecified atom stereocenters. The zero-order valence-corrected chi connectivity index (χ0v) is 13.3. The highest BCUT2D eigenvalue weighted by Gasteiger charge is 2.18. The number of aryl methyl sites for hydroxylation is 1. The van der Waals surface area contributed by atoms with Crippen LogP contribution in [-0.2, 0) is 10.0 Å². The molecule has 7 heteroatoms. The van der Waals surface area contributed by atoms with E-state index in [2.05, 4.69) is 20.7 Å². The van der Waals surface area contributed by atoms with E-state index in [1.165, 1.54) is 18.2 Å². The van der Waals surface area contributed by atoms with Crippen LogP contribution in [0, 0.1) is 24.1 Å². The van der Waals surface area contributed by atoms with Gasteiger partial charge in [0.1, 0.15) is 11.9 Å². The third kappa shape index (κ3) is 3.23. The van der Waals surface area contributed by atoms with Crippen LogP contribution < -0.4 is 4.72 Å². The highest BCUT2D eigenvalue weighted by atomic mass is 79.9. The maximum absolute atomic E-state index is 13.5. The van der Waals surface area contributed by atoms with Crippen LogP contribution in [0.1, 0.15) is 11.1 Å². The summed E-state index contributed by atoms with van der Waals surface area (Å²) >= 11 is 2.96. The van der Waals surface area contributed by atoms with E-state index in [4.69, 9.17) is 5.26 Å². The molecule has 0 radical (unpaired) electrons. The molecule has 2 aromatic rings. The van der Waals surface area contributed by atoms with Crippen molar-refractivity contribution in [3.8, 4) is 6.07 Å². The molecule has 4 nitrogen and oxygen atoms in total. The van der Waals surface area contributed by atoms with Gasteiger partial charge in [-0.3, -0.25) is 4.72 Å². The van der Waals surface area contributed by atoms with Gasteiger partial charge in [0.2, 0.25) is 0 Å². The molecule has 0 amide bonds. The van der Waals surface area contributed by atoms with Crippen molar-refractivity contribution in [1.82, 2.24) is 0 Å². The van der Waals surface area contributed by atoms with Crippen LogP contribution in [0.15, 0.2) is 45.8 Å². The average molecular weight is 369 g/mol. The fourth-order valence-electron chi connectivity index (χ4n) is 1.75. The van der Waals surface area contributed by atoms with Crippen molar-refractivity contribution in [1.29, 1.82) is 5.26 Å². The summed E-state index contributed by atoms with van der Waals surface area (Å²) in [4.78, 5) is -0.214. The second-order valence-corrected chi connectivity index (χ2v) is 6.83. The molecule has 2 rings (SSSR count). The Morgan fingerprint density at radius 3 is 2.62 bits per heavy atom. The zero-order valence-electron chi connectivity index (χ0n) is 10.9. The summed E-state index contributed by atoms with van der Waals surface area (Å²) in [5, 5.41) is 9.10. The summed E-state index contributed by atoms with van der Waals surface area (Å²) in [6.07, 6.45) is 0. The van der Waals surface area contributed by atoms with E-state index < -0.39 is 15.8 Å². The van der Waals surface area contributed by atoms with E-state index in [1.54, 1.807) is 19.1 Å². The monoisotopic (exact) mass is 368 g/mol. The maximum Gasteiger partial charge on any atom is 0.262 e. The first-order valence-corrected chi connectivity index (χ1v) is 8.10. The van der Waals surface area contributed by atoms with Gasteiger partial charge in [0.25, 0.3) is 10.0 Å². The Kier molecular flexibility index (Phi) is 4.30. The van der Waals surface area contributed by atoms with E-state index in [-0.39, 0.29) is 20.6 Å². The summed E-state index contributed by atoms with van der Waals surface area (Å²) in [6.45, 7) is 1.70. The molecule has 0 spiro atoms. The highest BCUT2D eigenvalue weighted by molar-refractivity contribution is 9.10. The Morgan fingerprint density at radius 2 is 2.00 bits per heavy atom. The van der Waals surface area contributed by atoms with Crippen molar-refractivity contribution >= 4 is 31.6 Å². The summed E-state index contributed by atoms with van der Waals surface area (Å²) < 4.78 is 40.4.